The van der Waals surface area contributed by atoms with Crippen LogP contribution in [0.5, 0.6) is 0 Å². The Morgan fingerprint density at radius 3 is 2.53 bits per heavy atom. The molecule has 0 aromatic heterocycles. The van der Waals surface area contributed by atoms with Crippen molar-refractivity contribution in [3.8, 4) is 0 Å². The first-order valence-electron chi connectivity index (χ1n) is 5.28. The van der Waals surface area contributed by atoms with E-state index in [2.05, 4.69) is 5.32 Å². The summed E-state index contributed by atoms with van der Waals surface area (Å²) in [6.45, 7) is 3.63. The standard InChI is InChI=1S/C12H20N2O/c1-10(15-2)8-14-9-12(13)11-6-4-3-5-7-11/h3-7,10,12,14H,8-9,13H2,1-2H3. The minimum absolute atomic E-state index is 0.0512. The van der Waals surface area contributed by atoms with Crippen LogP contribution in [0.25, 0.3) is 0 Å². The molecule has 0 aliphatic rings. The van der Waals surface area contributed by atoms with Crippen molar-refractivity contribution in [2.75, 3.05) is 20.2 Å². The molecule has 15 heavy (non-hydrogen) atoms. The lowest BCUT2D eigenvalue weighted by Gasteiger charge is -2.15. The fraction of sp³-hybridized carbons (Fsp3) is 0.500. The molecule has 0 aliphatic heterocycles. The van der Waals surface area contributed by atoms with Gasteiger partial charge < -0.3 is 15.8 Å². The van der Waals surface area contributed by atoms with E-state index in [-0.39, 0.29) is 12.1 Å². The summed E-state index contributed by atoms with van der Waals surface area (Å²) < 4.78 is 5.13. The van der Waals surface area contributed by atoms with E-state index in [0.717, 1.165) is 18.7 Å². The molecule has 1 aromatic carbocycles. The third kappa shape index (κ3) is 4.42. The molecular weight excluding hydrogens is 188 g/mol. The van der Waals surface area contributed by atoms with Gasteiger partial charge in [0.15, 0.2) is 0 Å². The Bertz CT molecular complexity index is 264. The smallest absolute Gasteiger partial charge is 0.0667 e. The average molecular weight is 208 g/mol. The molecule has 84 valence electrons. The lowest BCUT2D eigenvalue weighted by molar-refractivity contribution is 0.117. The van der Waals surface area contributed by atoms with Gasteiger partial charge in [0.1, 0.15) is 0 Å². The van der Waals surface area contributed by atoms with E-state index >= 15 is 0 Å². The van der Waals surface area contributed by atoms with Crippen LogP contribution in [0.1, 0.15) is 18.5 Å². The van der Waals surface area contributed by atoms with Gasteiger partial charge in [-0.15, -0.1) is 0 Å². The van der Waals surface area contributed by atoms with Gasteiger partial charge in [0.2, 0.25) is 0 Å². The van der Waals surface area contributed by atoms with Crippen LogP contribution in [0.3, 0.4) is 0 Å². The van der Waals surface area contributed by atoms with Crippen molar-refractivity contribution in [1.29, 1.82) is 0 Å². The van der Waals surface area contributed by atoms with E-state index < -0.39 is 0 Å². The summed E-state index contributed by atoms with van der Waals surface area (Å²) in [6, 6.07) is 10.2. The van der Waals surface area contributed by atoms with E-state index in [1.165, 1.54) is 0 Å². The summed E-state index contributed by atoms with van der Waals surface area (Å²) >= 11 is 0. The Labute approximate surface area is 91.6 Å². The summed E-state index contributed by atoms with van der Waals surface area (Å²) in [5, 5.41) is 3.28. The van der Waals surface area contributed by atoms with E-state index in [9.17, 15) is 0 Å². The number of hydrogen-bond acceptors (Lipinski definition) is 3. The summed E-state index contributed by atoms with van der Waals surface area (Å²) in [5.74, 6) is 0. The number of nitrogens with one attached hydrogen (secondary N) is 1. The van der Waals surface area contributed by atoms with Crippen molar-refractivity contribution in [2.45, 2.75) is 19.1 Å². The maximum absolute atomic E-state index is 6.02. The van der Waals surface area contributed by atoms with Crippen LogP contribution >= 0.6 is 0 Å². The highest BCUT2D eigenvalue weighted by Gasteiger charge is 2.05. The number of hydrogen-bond donors (Lipinski definition) is 2. The zero-order valence-electron chi connectivity index (χ0n) is 9.44. The molecule has 0 fully saturated rings. The molecule has 3 nitrogen and oxygen atoms in total. The van der Waals surface area contributed by atoms with Gasteiger partial charge in [0.25, 0.3) is 0 Å². The first kappa shape index (κ1) is 12.2. The third-order valence-electron chi connectivity index (χ3n) is 2.43. The molecule has 0 saturated heterocycles. The lowest BCUT2D eigenvalue weighted by Crippen LogP contribution is -2.32. The molecular formula is C12H20N2O. The molecule has 0 bridgehead atoms. The van der Waals surface area contributed by atoms with Crippen LogP contribution in [0.15, 0.2) is 30.3 Å². The van der Waals surface area contributed by atoms with Crippen LogP contribution in [-0.4, -0.2) is 26.3 Å². The lowest BCUT2D eigenvalue weighted by atomic mass is 10.1. The molecule has 0 spiro atoms. The van der Waals surface area contributed by atoms with Crippen LogP contribution < -0.4 is 11.1 Å². The minimum Gasteiger partial charge on any atom is -0.380 e. The Morgan fingerprint density at radius 2 is 1.93 bits per heavy atom. The number of methoxy groups -OCH3 is 1. The number of ether oxygens (including phenoxy) is 1. The van der Waals surface area contributed by atoms with Gasteiger partial charge in [-0.2, -0.15) is 0 Å². The summed E-state index contributed by atoms with van der Waals surface area (Å²) in [5.41, 5.74) is 7.18. The summed E-state index contributed by atoms with van der Waals surface area (Å²) in [4.78, 5) is 0. The Balaban J connectivity index is 2.28. The van der Waals surface area contributed by atoms with Gasteiger partial charge >= 0.3 is 0 Å². The molecule has 0 aliphatic carbocycles. The molecule has 2 atom stereocenters. The summed E-state index contributed by atoms with van der Waals surface area (Å²) in [7, 11) is 1.71. The van der Waals surface area contributed by atoms with E-state index in [4.69, 9.17) is 10.5 Å². The highest BCUT2D eigenvalue weighted by atomic mass is 16.5. The van der Waals surface area contributed by atoms with Crippen molar-refractivity contribution in [3.63, 3.8) is 0 Å². The quantitative estimate of drug-likeness (QED) is 0.741. The van der Waals surface area contributed by atoms with Gasteiger partial charge in [-0.05, 0) is 12.5 Å². The molecule has 3 N–H and O–H groups in total. The monoisotopic (exact) mass is 208 g/mol. The Kier molecular flexibility index (Phi) is 5.32. The average Bonchev–Trinajstić information content (AvgIpc) is 2.29. The normalized spacial score (nSPS) is 14.9. The highest BCUT2D eigenvalue weighted by molar-refractivity contribution is 5.18. The predicted octanol–water partition coefficient (Wildman–Crippen LogP) is 1.31. The highest BCUT2D eigenvalue weighted by Crippen LogP contribution is 2.07. The van der Waals surface area contributed by atoms with Crippen molar-refractivity contribution >= 4 is 0 Å². The van der Waals surface area contributed by atoms with Gasteiger partial charge in [-0.1, -0.05) is 30.3 Å². The maximum Gasteiger partial charge on any atom is 0.0667 e. The minimum atomic E-state index is 0.0512. The van der Waals surface area contributed by atoms with Crippen LogP contribution in [0.2, 0.25) is 0 Å². The zero-order chi connectivity index (χ0) is 11.1. The third-order valence-corrected chi connectivity index (χ3v) is 2.43. The second-order valence-electron chi connectivity index (χ2n) is 3.72. The SMILES string of the molecule is COC(C)CNCC(N)c1ccccc1. The van der Waals surface area contributed by atoms with E-state index in [1.807, 2.05) is 37.3 Å². The summed E-state index contributed by atoms with van der Waals surface area (Å²) in [6.07, 6.45) is 0.230. The van der Waals surface area contributed by atoms with Crippen LogP contribution in [0, 0.1) is 0 Å². The van der Waals surface area contributed by atoms with E-state index in [0.29, 0.717) is 0 Å². The van der Waals surface area contributed by atoms with Gasteiger partial charge in [0, 0.05) is 26.2 Å². The molecule has 0 saturated carbocycles. The number of nitrogens with two attached hydrogens (primary N) is 1. The van der Waals surface area contributed by atoms with Gasteiger partial charge in [-0.3, -0.25) is 0 Å². The maximum atomic E-state index is 6.02. The first-order valence-corrected chi connectivity index (χ1v) is 5.28. The molecule has 0 amide bonds. The van der Waals surface area contributed by atoms with Gasteiger partial charge in [-0.25, -0.2) is 0 Å². The molecule has 0 heterocycles. The second kappa shape index (κ2) is 6.56. The van der Waals surface area contributed by atoms with Gasteiger partial charge in [0.05, 0.1) is 6.10 Å². The topological polar surface area (TPSA) is 47.3 Å². The van der Waals surface area contributed by atoms with Crippen molar-refractivity contribution in [1.82, 2.24) is 5.32 Å². The van der Waals surface area contributed by atoms with Crippen molar-refractivity contribution < 1.29 is 4.74 Å². The molecule has 3 heteroatoms. The largest absolute Gasteiger partial charge is 0.380 e. The Morgan fingerprint density at radius 1 is 1.27 bits per heavy atom. The zero-order valence-corrected chi connectivity index (χ0v) is 9.44. The Hall–Kier alpha value is -0.900. The molecule has 1 rings (SSSR count). The second-order valence-corrected chi connectivity index (χ2v) is 3.72. The fourth-order valence-corrected chi connectivity index (χ4v) is 1.34. The first-order chi connectivity index (χ1) is 7.24. The van der Waals surface area contributed by atoms with Crippen LogP contribution in [0.4, 0.5) is 0 Å². The molecule has 0 radical (unpaired) electrons. The number of rotatable bonds is 6. The number of benzene rings is 1. The molecule has 1 aromatic rings. The van der Waals surface area contributed by atoms with Crippen molar-refractivity contribution in [2.24, 2.45) is 5.73 Å². The van der Waals surface area contributed by atoms with E-state index in [1.54, 1.807) is 7.11 Å². The van der Waals surface area contributed by atoms with Crippen LogP contribution in [-0.2, 0) is 4.74 Å². The molecule has 2 unspecified atom stereocenters. The predicted molar refractivity (Wildman–Crippen MR) is 62.7 cm³/mol. The van der Waals surface area contributed by atoms with Crippen molar-refractivity contribution in [3.05, 3.63) is 35.9 Å². The fourth-order valence-electron chi connectivity index (χ4n) is 1.34.